The molecule has 0 amide bonds. The molecule has 1 fully saturated rings. The third-order valence-electron chi connectivity index (χ3n) is 4.13. The second-order valence-corrected chi connectivity index (χ2v) is 6.39. The van der Waals surface area contributed by atoms with Gasteiger partial charge in [0.15, 0.2) is 6.29 Å². The lowest BCUT2D eigenvalue weighted by Crippen LogP contribution is -2.64. The summed E-state index contributed by atoms with van der Waals surface area (Å²) in [5.74, 6) is 0. The quantitative estimate of drug-likeness (QED) is 0.416. The number of hydrogen-bond donors (Lipinski definition) is 5. The van der Waals surface area contributed by atoms with Crippen LogP contribution in [0.1, 0.15) is 5.56 Å². The third-order valence-corrected chi connectivity index (χ3v) is 4.93. The first-order valence-electron chi connectivity index (χ1n) is 6.70. The molecule has 7 nitrogen and oxygen atoms in total. The molecular formula is C14H16INO6. The Hall–Kier alpha value is -0.750. The molecule has 1 aromatic carbocycles. The lowest BCUT2D eigenvalue weighted by molar-refractivity contribution is -0.332. The van der Waals surface area contributed by atoms with Crippen molar-refractivity contribution in [2.24, 2.45) is 0 Å². The topological polar surface area (TPSA) is 115 Å². The molecule has 0 bridgehead atoms. The van der Waals surface area contributed by atoms with Crippen LogP contribution >= 0.6 is 22.9 Å². The lowest BCUT2D eigenvalue weighted by Gasteiger charge is -2.46. The van der Waals surface area contributed by atoms with Crippen molar-refractivity contribution in [3.8, 4) is 0 Å². The molecule has 1 aromatic heterocycles. The molecule has 0 radical (unpaired) electrons. The largest absolute Gasteiger partial charge is 0.393 e. The SMILES string of the molecule is OC[C@@]1(c2cn(I)c3ccccc23)O[C@@H](O)[C@H](O)[C@@H](O)[C@H]1O. The van der Waals surface area contributed by atoms with E-state index < -0.39 is 36.8 Å². The molecular weight excluding hydrogens is 405 g/mol. The van der Waals surface area contributed by atoms with Crippen molar-refractivity contribution in [1.82, 2.24) is 2.78 Å². The minimum absolute atomic E-state index is 0.428. The molecule has 5 N–H and O–H groups in total. The first kappa shape index (κ1) is 16.1. The fraction of sp³-hybridized carbons (Fsp3) is 0.429. The highest BCUT2D eigenvalue weighted by atomic mass is 127. The third kappa shape index (κ3) is 2.18. The average Bonchev–Trinajstić information content (AvgIpc) is 2.87. The van der Waals surface area contributed by atoms with Crippen molar-refractivity contribution >= 4 is 33.8 Å². The van der Waals surface area contributed by atoms with Gasteiger partial charge in [-0.25, -0.2) is 0 Å². The Kier molecular flexibility index (Phi) is 4.18. The van der Waals surface area contributed by atoms with E-state index in [1.54, 1.807) is 21.1 Å². The van der Waals surface area contributed by atoms with Crippen LogP contribution in [0.2, 0.25) is 0 Å². The van der Waals surface area contributed by atoms with Gasteiger partial charge >= 0.3 is 0 Å². The maximum Gasteiger partial charge on any atom is 0.184 e. The number of hydrogen-bond acceptors (Lipinski definition) is 6. The van der Waals surface area contributed by atoms with E-state index in [1.165, 1.54) is 0 Å². The van der Waals surface area contributed by atoms with Gasteiger partial charge in [-0.15, -0.1) is 0 Å². The van der Waals surface area contributed by atoms with Crippen LogP contribution in [0.25, 0.3) is 10.9 Å². The highest BCUT2D eigenvalue weighted by molar-refractivity contribution is 14.1. The fourth-order valence-electron chi connectivity index (χ4n) is 2.90. The molecule has 120 valence electrons. The van der Waals surface area contributed by atoms with Crippen LogP contribution in [0, 0.1) is 0 Å². The summed E-state index contributed by atoms with van der Waals surface area (Å²) in [6, 6.07) is 7.29. The summed E-state index contributed by atoms with van der Waals surface area (Å²) in [6.07, 6.45) is -4.96. The molecule has 2 aromatic rings. The maximum absolute atomic E-state index is 10.4. The van der Waals surface area contributed by atoms with Gasteiger partial charge in [-0.3, -0.25) is 2.78 Å². The Bertz CT molecular complexity index is 691. The van der Waals surface area contributed by atoms with Gasteiger partial charge in [-0.2, -0.15) is 0 Å². The van der Waals surface area contributed by atoms with E-state index in [9.17, 15) is 25.5 Å². The van der Waals surface area contributed by atoms with Crippen molar-refractivity contribution in [2.75, 3.05) is 6.61 Å². The van der Waals surface area contributed by atoms with Gasteiger partial charge in [0.25, 0.3) is 0 Å². The Morgan fingerprint density at radius 3 is 2.50 bits per heavy atom. The molecule has 2 heterocycles. The van der Waals surface area contributed by atoms with Crippen LogP contribution in [0.15, 0.2) is 30.5 Å². The van der Waals surface area contributed by atoms with Gasteiger partial charge < -0.3 is 30.3 Å². The van der Waals surface area contributed by atoms with Gasteiger partial charge in [0.05, 0.1) is 35.0 Å². The van der Waals surface area contributed by atoms with Crippen LogP contribution in [0.4, 0.5) is 0 Å². The first-order chi connectivity index (χ1) is 10.4. The van der Waals surface area contributed by atoms with Gasteiger partial charge in [-0.05, 0) is 6.07 Å². The van der Waals surface area contributed by atoms with E-state index >= 15 is 0 Å². The molecule has 0 unspecified atom stereocenters. The van der Waals surface area contributed by atoms with E-state index in [0.717, 1.165) is 5.52 Å². The zero-order valence-electron chi connectivity index (χ0n) is 11.4. The number of aliphatic hydroxyl groups excluding tert-OH is 5. The smallest absolute Gasteiger partial charge is 0.184 e. The zero-order valence-corrected chi connectivity index (χ0v) is 13.5. The molecule has 8 heteroatoms. The first-order valence-corrected chi connectivity index (χ1v) is 7.66. The molecule has 3 rings (SSSR count). The number of rotatable bonds is 2. The number of aromatic nitrogens is 1. The van der Waals surface area contributed by atoms with E-state index in [0.29, 0.717) is 10.9 Å². The summed E-state index contributed by atoms with van der Waals surface area (Å²) in [6.45, 7) is -0.667. The summed E-state index contributed by atoms with van der Waals surface area (Å²) in [5.41, 5.74) is -0.469. The minimum Gasteiger partial charge on any atom is -0.393 e. The molecule has 22 heavy (non-hydrogen) atoms. The molecule has 1 aliphatic heterocycles. The monoisotopic (exact) mass is 421 g/mol. The number of benzene rings is 1. The van der Waals surface area contributed by atoms with E-state index in [2.05, 4.69) is 0 Å². The standard InChI is InChI=1S/C14H16INO6/c15-16-5-8(7-3-1-2-4-9(7)16)14(6-17)12(20)10(18)11(19)13(21)22-14/h1-5,10-13,17-21H,6H2/t10-,11-,12-,13-,14+/m1/s1. The van der Waals surface area contributed by atoms with Crippen molar-refractivity contribution in [3.63, 3.8) is 0 Å². The van der Waals surface area contributed by atoms with Crippen molar-refractivity contribution < 1.29 is 30.3 Å². The van der Waals surface area contributed by atoms with Gasteiger partial charge in [-0.1, -0.05) is 18.2 Å². The number of para-hydroxylation sites is 1. The molecule has 5 atom stereocenters. The number of aliphatic hydroxyl groups is 5. The summed E-state index contributed by atoms with van der Waals surface area (Å²) in [4.78, 5) is 0. The molecule has 0 aliphatic carbocycles. The van der Waals surface area contributed by atoms with Crippen molar-refractivity contribution in [3.05, 3.63) is 36.0 Å². The highest BCUT2D eigenvalue weighted by Gasteiger charge is 2.55. The number of halogens is 1. The van der Waals surface area contributed by atoms with Crippen LogP contribution in [0.3, 0.4) is 0 Å². The predicted molar refractivity (Wildman–Crippen MR) is 85.2 cm³/mol. The summed E-state index contributed by atoms with van der Waals surface area (Å²) in [7, 11) is 0. The number of ether oxygens (including phenoxy) is 1. The Balaban J connectivity index is 2.20. The highest BCUT2D eigenvalue weighted by Crippen LogP contribution is 2.41. The van der Waals surface area contributed by atoms with E-state index in [4.69, 9.17) is 4.74 Å². The lowest BCUT2D eigenvalue weighted by atomic mass is 9.81. The Labute approximate surface area is 139 Å². The zero-order chi connectivity index (χ0) is 16.1. The van der Waals surface area contributed by atoms with Crippen LogP contribution in [-0.4, -0.2) is 59.5 Å². The minimum atomic E-state index is -1.73. The van der Waals surface area contributed by atoms with E-state index in [1.807, 2.05) is 35.0 Å². The van der Waals surface area contributed by atoms with Gasteiger partial charge in [0.2, 0.25) is 0 Å². The number of nitrogens with zero attached hydrogens (tertiary/aromatic N) is 1. The molecule has 1 saturated heterocycles. The molecule has 1 aliphatic rings. The fourth-order valence-corrected chi connectivity index (χ4v) is 3.60. The summed E-state index contributed by atoms with van der Waals surface area (Å²) < 4.78 is 7.12. The predicted octanol–water partition coefficient (Wildman–Crippen LogP) is -0.542. The van der Waals surface area contributed by atoms with Crippen molar-refractivity contribution in [2.45, 2.75) is 30.2 Å². The second-order valence-electron chi connectivity index (χ2n) is 5.35. The van der Waals surface area contributed by atoms with Crippen LogP contribution < -0.4 is 0 Å². The number of fused-ring (bicyclic) bond motifs is 1. The van der Waals surface area contributed by atoms with Gasteiger partial charge in [0.1, 0.15) is 23.9 Å². The average molecular weight is 421 g/mol. The Morgan fingerprint density at radius 1 is 1.14 bits per heavy atom. The summed E-state index contributed by atoms with van der Waals surface area (Å²) in [5, 5.41) is 50.4. The molecule has 0 spiro atoms. The van der Waals surface area contributed by atoms with Crippen LogP contribution in [0.5, 0.6) is 0 Å². The van der Waals surface area contributed by atoms with Crippen molar-refractivity contribution in [1.29, 1.82) is 0 Å². The second kappa shape index (κ2) is 5.71. The Morgan fingerprint density at radius 2 is 1.82 bits per heavy atom. The normalized spacial score (nSPS) is 35.9. The van der Waals surface area contributed by atoms with Crippen LogP contribution in [-0.2, 0) is 10.3 Å². The van der Waals surface area contributed by atoms with Gasteiger partial charge in [0, 0.05) is 17.1 Å². The van der Waals surface area contributed by atoms with E-state index in [-0.39, 0.29) is 0 Å². The summed E-state index contributed by atoms with van der Waals surface area (Å²) >= 11 is 2.04. The molecule has 0 saturated carbocycles. The maximum atomic E-state index is 10.4.